The summed E-state index contributed by atoms with van der Waals surface area (Å²) < 4.78 is 0. The normalized spacial score (nSPS) is 15.3. The van der Waals surface area contributed by atoms with Crippen molar-refractivity contribution < 1.29 is 9.59 Å². The summed E-state index contributed by atoms with van der Waals surface area (Å²) in [6, 6.07) is 13.1. The van der Waals surface area contributed by atoms with E-state index in [1.165, 1.54) is 11.3 Å². The molecule has 3 rings (SSSR count). The number of carbonyl (C=O) groups excluding carboxylic acids is 2. The van der Waals surface area contributed by atoms with Crippen LogP contribution in [0.2, 0.25) is 0 Å². The van der Waals surface area contributed by atoms with E-state index in [0.29, 0.717) is 11.3 Å². The molecule has 4 nitrogen and oxygen atoms in total. The lowest BCUT2D eigenvalue weighted by Crippen LogP contribution is -2.48. The van der Waals surface area contributed by atoms with Gasteiger partial charge in [0.25, 0.3) is 5.91 Å². The number of thiophene rings is 1. The standard InChI is InChI=1S/C19H22N2O2S/c1-14-9-10-17(24-14)18(22)20-16(13-15-7-3-2-4-8-15)19(23)21-11-5-6-12-21/h2-4,7-10,16H,5-6,11-13H2,1H3,(H,20,22)/t16-/m1/s1. The molecule has 0 saturated carbocycles. The molecule has 1 aromatic carbocycles. The summed E-state index contributed by atoms with van der Waals surface area (Å²) in [7, 11) is 0. The Labute approximate surface area is 146 Å². The number of hydrogen-bond acceptors (Lipinski definition) is 3. The molecule has 0 bridgehead atoms. The van der Waals surface area contributed by atoms with Crippen LogP contribution in [0.25, 0.3) is 0 Å². The van der Waals surface area contributed by atoms with Gasteiger partial charge in [-0.3, -0.25) is 9.59 Å². The number of likely N-dealkylation sites (tertiary alicyclic amines) is 1. The van der Waals surface area contributed by atoms with E-state index in [9.17, 15) is 9.59 Å². The van der Waals surface area contributed by atoms with Crippen molar-refractivity contribution in [1.82, 2.24) is 10.2 Å². The smallest absolute Gasteiger partial charge is 0.262 e. The molecule has 24 heavy (non-hydrogen) atoms. The second-order valence-electron chi connectivity index (χ2n) is 6.16. The molecule has 0 aliphatic carbocycles. The number of nitrogens with zero attached hydrogens (tertiary/aromatic N) is 1. The van der Waals surface area contributed by atoms with Gasteiger partial charge in [-0.25, -0.2) is 0 Å². The Balaban J connectivity index is 1.75. The van der Waals surface area contributed by atoms with Crippen molar-refractivity contribution in [1.29, 1.82) is 0 Å². The SMILES string of the molecule is Cc1ccc(C(=O)N[C@H](Cc2ccccc2)C(=O)N2CCCC2)s1. The lowest BCUT2D eigenvalue weighted by Gasteiger charge is -2.24. The summed E-state index contributed by atoms with van der Waals surface area (Å²) in [5, 5.41) is 2.95. The number of aryl methyl sites for hydroxylation is 1. The minimum absolute atomic E-state index is 0.0259. The van der Waals surface area contributed by atoms with Gasteiger partial charge >= 0.3 is 0 Å². The molecule has 0 spiro atoms. The number of rotatable bonds is 5. The van der Waals surface area contributed by atoms with Crippen LogP contribution in [0.5, 0.6) is 0 Å². The lowest BCUT2D eigenvalue weighted by molar-refractivity contribution is -0.132. The van der Waals surface area contributed by atoms with Gasteiger partial charge in [0.05, 0.1) is 4.88 Å². The summed E-state index contributed by atoms with van der Waals surface area (Å²) in [6.07, 6.45) is 2.61. The second-order valence-corrected chi connectivity index (χ2v) is 7.45. The first-order chi connectivity index (χ1) is 11.6. The molecular weight excluding hydrogens is 320 g/mol. The fourth-order valence-electron chi connectivity index (χ4n) is 2.99. The van der Waals surface area contributed by atoms with Gasteiger partial charge in [-0.2, -0.15) is 0 Å². The Morgan fingerprint density at radius 1 is 1.12 bits per heavy atom. The molecule has 1 aliphatic heterocycles. The van der Waals surface area contributed by atoms with Crippen LogP contribution in [0.15, 0.2) is 42.5 Å². The highest BCUT2D eigenvalue weighted by atomic mass is 32.1. The lowest BCUT2D eigenvalue weighted by atomic mass is 10.0. The van der Waals surface area contributed by atoms with E-state index in [1.54, 1.807) is 0 Å². The molecule has 1 fully saturated rings. The van der Waals surface area contributed by atoms with E-state index in [1.807, 2.05) is 54.3 Å². The number of carbonyl (C=O) groups is 2. The minimum atomic E-state index is -0.514. The molecule has 2 amide bonds. The molecule has 0 unspecified atom stereocenters. The van der Waals surface area contributed by atoms with Crippen LogP contribution >= 0.6 is 11.3 Å². The first kappa shape index (κ1) is 16.7. The largest absolute Gasteiger partial charge is 0.341 e. The van der Waals surface area contributed by atoms with Crippen molar-refractivity contribution in [2.75, 3.05) is 13.1 Å². The summed E-state index contributed by atoms with van der Waals surface area (Å²) in [6.45, 7) is 3.55. The molecular formula is C19H22N2O2S. The summed E-state index contributed by atoms with van der Waals surface area (Å²) in [5.74, 6) is -0.139. The summed E-state index contributed by atoms with van der Waals surface area (Å²) >= 11 is 1.45. The molecule has 5 heteroatoms. The van der Waals surface area contributed by atoms with Crippen molar-refractivity contribution in [3.05, 3.63) is 57.8 Å². The molecule has 2 aromatic rings. The van der Waals surface area contributed by atoms with Crippen molar-refractivity contribution in [3.8, 4) is 0 Å². The number of hydrogen-bond donors (Lipinski definition) is 1. The van der Waals surface area contributed by atoms with E-state index in [-0.39, 0.29) is 11.8 Å². The van der Waals surface area contributed by atoms with Crippen LogP contribution in [-0.2, 0) is 11.2 Å². The number of benzene rings is 1. The van der Waals surface area contributed by atoms with E-state index >= 15 is 0 Å². The van der Waals surface area contributed by atoms with Gasteiger partial charge in [0.15, 0.2) is 0 Å². The zero-order valence-corrected chi connectivity index (χ0v) is 14.6. The van der Waals surface area contributed by atoms with Crippen molar-refractivity contribution in [3.63, 3.8) is 0 Å². The Hall–Kier alpha value is -2.14. The molecule has 1 N–H and O–H groups in total. The highest BCUT2D eigenvalue weighted by Gasteiger charge is 2.28. The van der Waals surface area contributed by atoms with Crippen LogP contribution in [0.1, 0.15) is 33.0 Å². The molecule has 1 saturated heterocycles. The minimum Gasteiger partial charge on any atom is -0.341 e. The Bertz CT molecular complexity index is 705. The Morgan fingerprint density at radius 2 is 1.83 bits per heavy atom. The van der Waals surface area contributed by atoms with E-state index in [2.05, 4.69) is 5.32 Å². The third kappa shape index (κ3) is 4.03. The van der Waals surface area contributed by atoms with Crippen LogP contribution in [0, 0.1) is 6.92 Å². The van der Waals surface area contributed by atoms with E-state index in [0.717, 1.165) is 36.4 Å². The van der Waals surface area contributed by atoms with Crippen LogP contribution < -0.4 is 5.32 Å². The third-order valence-electron chi connectivity index (χ3n) is 4.27. The maximum atomic E-state index is 12.8. The monoisotopic (exact) mass is 342 g/mol. The van der Waals surface area contributed by atoms with Gasteiger partial charge in [-0.15, -0.1) is 11.3 Å². The third-order valence-corrected chi connectivity index (χ3v) is 5.27. The van der Waals surface area contributed by atoms with Gasteiger partial charge in [0.2, 0.25) is 5.91 Å². The molecule has 2 heterocycles. The Morgan fingerprint density at radius 3 is 2.46 bits per heavy atom. The maximum absolute atomic E-state index is 12.8. The zero-order chi connectivity index (χ0) is 16.9. The first-order valence-corrected chi connectivity index (χ1v) is 9.15. The average molecular weight is 342 g/mol. The molecule has 126 valence electrons. The van der Waals surface area contributed by atoms with E-state index < -0.39 is 6.04 Å². The number of nitrogens with one attached hydrogen (secondary N) is 1. The topological polar surface area (TPSA) is 49.4 Å². The zero-order valence-electron chi connectivity index (χ0n) is 13.8. The van der Waals surface area contributed by atoms with Crippen LogP contribution in [0.3, 0.4) is 0 Å². The van der Waals surface area contributed by atoms with E-state index in [4.69, 9.17) is 0 Å². The first-order valence-electron chi connectivity index (χ1n) is 8.33. The van der Waals surface area contributed by atoms with Gasteiger partial charge in [0, 0.05) is 24.4 Å². The van der Waals surface area contributed by atoms with Gasteiger partial charge in [-0.1, -0.05) is 30.3 Å². The second kappa shape index (κ2) is 7.62. The predicted molar refractivity (Wildman–Crippen MR) is 96.3 cm³/mol. The van der Waals surface area contributed by atoms with Gasteiger partial charge < -0.3 is 10.2 Å². The highest BCUT2D eigenvalue weighted by Crippen LogP contribution is 2.17. The van der Waals surface area contributed by atoms with Gasteiger partial charge in [-0.05, 0) is 37.5 Å². The Kier molecular flexibility index (Phi) is 5.30. The quantitative estimate of drug-likeness (QED) is 0.908. The molecule has 1 atom stereocenters. The number of amides is 2. The molecule has 1 aromatic heterocycles. The van der Waals surface area contributed by atoms with Gasteiger partial charge in [0.1, 0.15) is 6.04 Å². The molecule has 0 radical (unpaired) electrons. The maximum Gasteiger partial charge on any atom is 0.262 e. The summed E-state index contributed by atoms with van der Waals surface area (Å²) in [5.41, 5.74) is 1.05. The van der Waals surface area contributed by atoms with Crippen molar-refractivity contribution in [2.45, 2.75) is 32.2 Å². The highest BCUT2D eigenvalue weighted by molar-refractivity contribution is 7.13. The molecule has 1 aliphatic rings. The fraction of sp³-hybridized carbons (Fsp3) is 0.368. The van der Waals surface area contributed by atoms with Crippen LogP contribution in [0.4, 0.5) is 0 Å². The van der Waals surface area contributed by atoms with Crippen molar-refractivity contribution >= 4 is 23.2 Å². The summed E-state index contributed by atoms with van der Waals surface area (Å²) in [4.78, 5) is 29.0. The van der Waals surface area contributed by atoms with Crippen LogP contribution in [-0.4, -0.2) is 35.8 Å². The predicted octanol–water partition coefficient (Wildman–Crippen LogP) is 3.02. The average Bonchev–Trinajstić information content (AvgIpc) is 3.26. The van der Waals surface area contributed by atoms with Crippen molar-refractivity contribution in [2.24, 2.45) is 0 Å². The fourth-order valence-corrected chi connectivity index (χ4v) is 3.76.